The lowest BCUT2D eigenvalue weighted by molar-refractivity contribution is -0.147. The van der Waals surface area contributed by atoms with Crippen LogP contribution in [0, 0.1) is 0 Å². The summed E-state index contributed by atoms with van der Waals surface area (Å²) in [5, 5.41) is 5.26. The van der Waals surface area contributed by atoms with E-state index in [4.69, 9.17) is 9.47 Å². The number of nitrogens with one attached hydrogen (secondary N) is 4. The number of fused-ring (bicyclic) bond motifs is 1. The van der Waals surface area contributed by atoms with Crippen LogP contribution < -0.4 is 20.1 Å². The molecular formula is C29H27N5O7S. The maximum Gasteiger partial charge on any atom is 0.324 e. The maximum absolute atomic E-state index is 13.1. The van der Waals surface area contributed by atoms with Crippen LogP contribution in [0.25, 0.3) is 0 Å². The molecule has 1 aliphatic rings. The van der Waals surface area contributed by atoms with Crippen molar-refractivity contribution in [3.63, 3.8) is 0 Å². The van der Waals surface area contributed by atoms with E-state index in [1.54, 1.807) is 66.9 Å². The number of aromatic nitrogens is 2. The number of amides is 2. The number of aromatic amines is 1. The molecule has 1 aromatic heterocycles. The summed E-state index contributed by atoms with van der Waals surface area (Å²) >= 11 is 0. The molecule has 42 heavy (non-hydrogen) atoms. The van der Waals surface area contributed by atoms with E-state index < -0.39 is 40.0 Å². The lowest BCUT2D eigenvalue weighted by Gasteiger charge is -2.26. The van der Waals surface area contributed by atoms with Gasteiger partial charge >= 0.3 is 5.97 Å². The number of imidazole rings is 1. The highest BCUT2D eigenvalue weighted by Crippen LogP contribution is 2.32. The highest BCUT2D eigenvalue weighted by atomic mass is 32.2. The van der Waals surface area contributed by atoms with Gasteiger partial charge < -0.3 is 19.8 Å². The van der Waals surface area contributed by atoms with Gasteiger partial charge in [0.1, 0.15) is 18.4 Å². The van der Waals surface area contributed by atoms with Crippen LogP contribution >= 0.6 is 0 Å². The molecule has 0 bridgehead atoms. The Hall–Kier alpha value is -5.01. The van der Waals surface area contributed by atoms with Crippen molar-refractivity contribution in [2.24, 2.45) is 0 Å². The summed E-state index contributed by atoms with van der Waals surface area (Å²) in [6.07, 6.45) is 1.64. The molecule has 5 rings (SSSR count). The van der Waals surface area contributed by atoms with Gasteiger partial charge in [0.15, 0.2) is 6.10 Å². The van der Waals surface area contributed by atoms with Gasteiger partial charge in [-0.05, 0) is 41.8 Å². The van der Waals surface area contributed by atoms with Crippen LogP contribution in [-0.2, 0) is 42.2 Å². The number of rotatable bonds is 11. The lowest BCUT2D eigenvalue weighted by Crippen LogP contribution is -2.43. The number of carbonyl (C=O) groups is 3. The second-order valence-corrected chi connectivity index (χ2v) is 11.1. The second-order valence-electron chi connectivity index (χ2n) is 9.40. The molecule has 13 heteroatoms. The van der Waals surface area contributed by atoms with Gasteiger partial charge in [-0.15, -0.1) is 0 Å². The number of ether oxygens (including phenoxy) is 2. The van der Waals surface area contributed by atoms with Gasteiger partial charge in [0.05, 0.1) is 17.0 Å². The minimum absolute atomic E-state index is 0.000843. The highest BCUT2D eigenvalue weighted by Gasteiger charge is 2.32. The van der Waals surface area contributed by atoms with E-state index in [1.807, 2.05) is 6.07 Å². The monoisotopic (exact) mass is 589 g/mol. The van der Waals surface area contributed by atoms with E-state index in [0.29, 0.717) is 17.0 Å². The molecule has 0 radical (unpaired) electrons. The van der Waals surface area contributed by atoms with Crippen molar-refractivity contribution in [1.82, 2.24) is 14.7 Å². The molecule has 0 aliphatic carbocycles. The summed E-state index contributed by atoms with van der Waals surface area (Å²) in [7, 11) is -4.06. The Morgan fingerprint density at radius 1 is 1.00 bits per heavy atom. The molecule has 0 fully saturated rings. The fourth-order valence-electron chi connectivity index (χ4n) is 4.24. The van der Waals surface area contributed by atoms with Gasteiger partial charge in [-0.3, -0.25) is 19.7 Å². The predicted molar refractivity (Wildman–Crippen MR) is 152 cm³/mol. The Bertz CT molecular complexity index is 1660. The molecule has 216 valence electrons. The van der Waals surface area contributed by atoms with E-state index in [9.17, 15) is 22.8 Å². The lowest BCUT2D eigenvalue weighted by atomic mass is 10.0. The Kier molecular flexibility index (Phi) is 8.60. The van der Waals surface area contributed by atoms with Gasteiger partial charge in [-0.1, -0.05) is 54.6 Å². The molecule has 0 spiro atoms. The van der Waals surface area contributed by atoms with E-state index in [0.717, 1.165) is 5.56 Å². The van der Waals surface area contributed by atoms with Crippen molar-refractivity contribution < 1.29 is 32.3 Å². The molecule has 0 saturated heterocycles. The standard InChI is InChI=1S/C29H27N5O7S/c35-26(33-29-30-13-14-31-29)17-25-27(36)32-22-15-20(11-12-24(22)41-25)16-23(28(37)40-18-19-7-3-1-4-8-19)34-42(38,39)21-9-5-2-6-10-21/h1-15,23,25,34H,16-18H2,(H,32,36)(H2,30,31,33,35)/t23-,25?/m0/s1. The first-order chi connectivity index (χ1) is 20.3. The first-order valence-electron chi connectivity index (χ1n) is 12.9. The number of esters is 1. The Morgan fingerprint density at radius 3 is 2.45 bits per heavy atom. The number of H-pyrrole nitrogens is 1. The van der Waals surface area contributed by atoms with Crippen molar-refractivity contribution in [3.05, 3.63) is 102 Å². The van der Waals surface area contributed by atoms with Crippen LogP contribution in [0.1, 0.15) is 17.5 Å². The van der Waals surface area contributed by atoms with Crippen molar-refractivity contribution in [2.75, 3.05) is 10.6 Å². The normalized spacial score (nSPS) is 15.0. The molecule has 2 amide bonds. The van der Waals surface area contributed by atoms with E-state index in [-0.39, 0.29) is 30.3 Å². The van der Waals surface area contributed by atoms with Crippen LogP contribution in [-0.4, -0.2) is 48.3 Å². The number of carbonyl (C=O) groups excluding carboxylic acids is 3. The molecule has 1 unspecified atom stereocenters. The van der Waals surface area contributed by atoms with E-state index in [1.165, 1.54) is 18.3 Å². The van der Waals surface area contributed by atoms with Crippen LogP contribution in [0.15, 0.2) is 96.2 Å². The third kappa shape index (κ3) is 7.19. The number of nitrogens with zero attached hydrogens (tertiary/aromatic N) is 1. The average molecular weight is 590 g/mol. The first-order valence-corrected chi connectivity index (χ1v) is 14.4. The third-order valence-corrected chi connectivity index (χ3v) is 7.78. The van der Waals surface area contributed by atoms with Gasteiger partial charge in [0.25, 0.3) is 5.91 Å². The Balaban J connectivity index is 1.30. The average Bonchev–Trinajstić information content (AvgIpc) is 3.50. The van der Waals surface area contributed by atoms with Crippen molar-refractivity contribution in [3.8, 4) is 5.75 Å². The van der Waals surface area contributed by atoms with Crippen LogP contribution in [0.5, 0.6) is 5.75 Å². The van der Waals surface area contributed by atoms with Crippen molar-refractivity contribution >= 4 is 39.4 Å². The van der Waals surface area contributed by atoms with Crippen LogP contribution in [0.2, 0.25) is 0 Å². The van der Waals surface area contributed by atoms with Gasteiger partial charge in [0, 0.05) is 12.4 Å². The van der Waals surface area contributed by atoms with E-state index in [2.05, 4.69) is 25.3 Å². The number of hydrogen-bond acceptors (Lipinski definition) is 8. The Morgan fingerprint density at radius 2 is 1.74 bits per heavy atom. The fraction of sp³-hybridized carbons (Fsp3) is 0.172. The predicted octanol–water partition coefficient (Wildman–Crippen LogP) is 2.77. The summed E-state index contributed by atoms with van der Waals surface area (Å²) in [5.41, 5.74) is 1.60. The topological polar surface area (TPSA) is 169 Å². The summed E-state index contributed by atoms with van der Waals surface area (Å²) < 4.78 is 39.8. The minimum atomic E-state index is -4.06. The van der Waals surface area contributed by atoms with Crippen LogP contribution in [0.4, 0.5) is 11.6 Å². The largest absolute Gasteiger partial charge is 0.478 e. The zero-order chi connectivity index (χ0) is 29.5. The summed E-state index contributed by atoms with van der Waals surface area (Å²) in [5.74, 6) is -1.19. The minimum Gasteiger partial charge on any atom is -0.478 e. The quantitative estimate of drug-likeness (QED) is 0.194. The first kappa shape index (κ1) is 28.5. The van der Waals surface area contributed by atoms with Crippen molar-refractivity contribution in [1.29, 1.82) is 0 Å². The third-order valence-electron chi connectivity index (χ3n) is 6.29. The van der Waals surface area contributed by atoms with Crippen LogP contribution in [0.3, 0.4) is 0 Å². The smallest absolute Gasteiger partial charge is 0.324 e. The van der Waals surface area contributed by atoms with E-state index >= 15 is 0 Å². The van der Waals surface area contributed by atoms with Gasteiger partial charge in [-0.2, -0.15) is 4.72 Å². The highest BCUT2D eigenvalue weighted by molar-refractivity contribution is 7.89. The number of anilines is 2. The summed E-state index contributed by atoms with van der Waals surface area (Å²) in [6.45, 7) is -0.0355. The molecule has 2 atom stereocenters. The molecule has 1 aliphatic heterocycles. The molecule has 3 aromatic carbocycles. The van der Waals surface area contributed by atoms with Gasteiger partial charge in [-0.25, -0.2) is 13.4 Å². The maximum atomic E-state index is 13.1. The number of hydrogen-bond donors (Lipinski definition) is 4. The zero-order valence-electron chi connectivity index (χ0n) is 22.1. The molecule has 4 aromatic rings. The summed E-state index contributed by atoms with van der Waals surface area (Å²) in [4.78, 5) is 44.8. The number of sulfonamides is 1. The SMILES string of the molecule is O=C(CC1Oc2ccc(C[C@H](NS(=O)(=O)c3ccccc3)C(=O)OCc3ccccc3)cc2NC1=O)Nc1ncc[nH]1. The van der Waals surface area contributed by atoms with Gasteiger partial charge in [0.2, 0.25) is 21.9 Å². The Labute approximate surface area is 241 Å². The van der Waals surface area contributed by atoms with Crippen molar-refractivity contribution in [2.45, 2.75) is 36.5 Å². The molecule has 4 N–H and O–H groups in total. The summed E-state index contributed by atoms with van der Waals surface area (Å²) in [6, 6.07) is 20.2. The second kappa shape index (κ2) is 12.7. The molecule has 0 saturated carbocycles. The molecule has 2 heterocycles. The zero-order valence-corrected chi connectivity index (χ0v) is 23.0. The molecular weight excluding hydrogens is 562 g/mol. The number of benzene rings is 3. The fourth-order valence-corrected chi connectivity index (χ4v) is 5.44. The molecule has 12 nitrogen and oxygen atoms in total.